The number of hydrogen-bond acceptors (Lipinski definition) is 1. The van der Waals surface area contributed by atoms with Crippen molar-refractivity contribution in [3.8, 4) is 6.07 Å². The van der Waals surface area contributed by atoms with Gasteiger partial charge in [-0.1, -0.05) is 24.3 Å². The van der Waals surface area contributed by atoms with Gasteiger partial charge in [0.1, 0.15) is 5.67 Å². The Morgan fingerprint density at radius 2 is 2.00 bits per heavy atom. The van der Waals surface area contributed by atoms with Gasteiger partial charge in [-0.15, -0.1) is 0 Å². The maximum atomic E-state index is 13.3. The molecule has 0 N–H and O–H groups in total. The summed E-state index contributed by atoms with van der Waals surface area (Å²) in [5.41, 5.74) is 0.713. The van der Waals surface area contributed by atoms with Crippen LogP contribution < -0.4 is 0 Å². The van der Waals surface area contributed by atoms with Gasteiger partial charge in [0.15, 0.2) is 0 Å². The number of halogens is 1. The molecule has 0 saturated heterocycles. The SMILES string of the molecule is CC(C)(F)Cc1cccc(CC#N)c1. The minimum atomic E-state index is -1.19. The molecule has 0 aliphatic heterocycles. The minimum absolute atomic E-state index is 0.389. The van der Waals surface area contributed by atoms with Crippen molar-refractivity contribution in [3.63, 3.8) is 0 Å². The molecule has 0 amide bonds. The highest BCUT2D eigenvalue weighted by molar-refractivity contribution is 5.26. The van der Waals surface area contributed by atoms with Crippen LogP contribution in [0.15, 0.2) is 24.3 Å². The minimum Gasteiger partial charge on any atom is -0.244 e. The van der Waals surface area contributed by atoms with Crippen LogP contribution in [0.4, 0.5) is 4.39 Å². The third-order valence-corrected chi connectivity index (χ3v) is 1.90. The van der Waals surface area contributed by atoms with Crippen molar-refractivity contribution in [2.24, 2.45) is 0 Å². The summed E-state index contributed by atoms with van der Waals surface area (Å²) in [7, 11) is 0. The highest BCUT2D eigenvalue weighted by Crippen LogP contribution is 2.17. The average Bonchev–Trinajstić information content (AvgIpc) is 2.02. The molecule has 0 aliphatic rings. The Kier molecular flexibility index (Phi) is 3.24. The van der Waals surface area contributed by atoms with Crippen LogP contribution in [0.2, 0.25) is 0 Å². The van der Waals surface area contributed by atoms with Gasteiger partial charge in [0.2, 0.25) is 0 Å². The molecule has 2 heteroatoms. The molecule has 0 aromatic heterocycles. The number of nitrogens with zero attached hydrogens (tertiary/aromatic N) is 1. The molecule has 1 nitrogen and oxygen atoms in total. The standard InChI is InChI=1S/C12H14FN/c1-12(2,13)9-11-5-3-4-10(8-11)6-7-14/h3-5,8H,6,9H2,1-2H3. The van der Waals surface area contributed by atoms with E-state index >= 15 is 0 Å². The molecule has 0 atom stereocenters. The van der Waals surface area contributed by atoms with Crippen molar-refractivity contribution in [1.82, 2.24) is 0 Å². The summed E-state index contributed by atoms with van der Waals surface area (Å²) in [6.45, 7) is 3.12. The van der Waals surface area contributed by atoms with Gasteiger partial charge in [-0.3, -0.25) is 0 Å². The summed E-state index contributed by atoms with van der Waals surface area (Å²) in [5, 5.41) is 8.52. The molecule has 0 heterocycles. The highest BCUT2D eigenvalue weighted by atomic mass is 19.1. The molecule has 74 valence electrons. The first-order chi connectivity index (χ1) is 6.51. The molecule has 1 rings (SSSR count). The number of alkyl halides is 1. The van der Waals surface area contributed by atoms with E-state index < -0.39 is 5.67 Å². The fraction of sp³-hybridized carbons (Fsp3) is 0.417. The summed E-state index contributed by atoms with van der Waals surface area (Å²) in [6, 6.07) is 9.62. The van der Waals surface area contributed by atoms with E-state index in [2.05, 4.69) is 6.07 Å². The summed E-state index contributed by atoms with van der Waals surface area (Å²) >= 11 is 0. The monoisotopic (exact) mass is 191 g/mol. The highest BCUT2D eigenvalue weighted by Gasteiger charge is 2.15. The van der Waals surface area contributed by atoms with Crippen LogP contribution in [0.5, 0.6) is 0 Å². The normalized spacial score (nSPS) is 11.0. The summed E-state index contributed by atoms with van der Waals surface area (Å²) in [6.07, 6.45) is 0.785. The molecule has 1 aromatic rings. The van der Waals surface area contributed by atoms with E-state index in [4.69, 9.17) is 5.26 Å². The maximum absolute atomic E-state index is 13.3. The molecule has 0 radical (unpaired) electrons. The van der Waals surface area contributed by atoms with Crippen LogP contribution in [0, 0.1) is 11.3 Å². The lowest BCUT2D eigenvalue weighted by Gasteiger charge is -2.14. The Morgan fingerprint density at radius 3 is 2.57 bits per heavy atom. The second kappa shape index (κ2) is 4.23. The smallest absolute Gasteiger partial charge is 0.109 e. The van der Waals surface area contributed by atoms with Crippen LogP contribution in [-0.4, -0.2) is 5.67 Å². The Morgan fingerprint density at radius 1 is 1.36 bits per heavy atom. The molecule has 0 unspecified atom stereocenters. The third-order valence-electron chi connectivity index (χ3n) is 1.90. The van der Waals surface area contributed by atoms with E-state index in [0.717, 1.165) is 11.1 Å². The van der Waals surface area contributed by atoms with E-state index in [-0.39, 0.29) is 0 Å². The first-order valence-corrected chi connectivity index (χ1v) is 4.65. The number of benzene rings is 1. The first kappa shape index (κ1) is 10.7. The van der Waals surface area contributed by atoms with Crippen molar-refractivity contribution in [2.75, 3.05) is 0 Å². The van der Waals surface area contributed by atoms with E-state index in [0.29, 0.717) is 12.8 Å². The summed E-state index contributed by atoms with van der Waals surface area (Å²) in [5.74, 6) is 0. The number of rotatable bonds is 3. The van der Waals surface area contributed by atoms with Crippen LogP contribution in [0.3, 0.4) is 0 Å². The van der Waals surface area contributed by atoms with Crippen molar-refractivity contribution < 1.29 is 4.39 Å². The lowest BCUT2D eigenvalue weighted by molar-refractivity contribution is 0.217. The van der Waals surface area contributed by atoms with E-state index in [9.17, 15) is 4.39 Å². The number of hydrogen-bond donors (Lipinski definition) is 0. The molecule has 0 aliphatic carbocycles. The van der Waals surface area contributed by atoms with Gasteiger partial charge < -0.3 is 0 Å². The zero-order chi connectivity index (χ0) is 10.6. The zero-order valence-electron chi connectivity index (χ0n) is 8.55. The summed E-state index contributed by atoms with van der Waals surface area (Å²) in [4.78, 5) is 0. The molecular weight excluding hydrogens is 177 g/mol. The molecule has 1 aromatic carbocycles. The lowest BCUT2D eigenvalue weighted by atomic mass is 9.98. The van der Waals surface area contributed by atoms with E-state index in [1.165, 1.54) is 0 Å². The van der Waals surface area contributed by atoms with Crippen LogP contribution in [0.25, 0.3) is 0 Å². The third kappa shape index (κ3) is 3.57. The van der Waals surface area contributed by atoms with Crippen LogP contribution >= 0.6 is 0 Å². The molecular formula is C12H14FN. The Labute approximate surface area is 84.2 Å². The van der Waals surface area contributed by atoms with Gasteiger partial charge in [0.05, 0.1) is 12.5 Å². The fourth-order valence-electron chi connectivity index (χ4n) is 1.43. The quantitative estimate of drug-likeness (QED) is 0.720. The van der Waals surface area contributed by atoms with Gasteiger partial charge in [-0.05, 0) is 25.0 Å². The predicted octanol–water partition coefficient (Wildman–Crippen LogP) is 3.04. The Balaban J connectivity index is 2.79. The van der Waals surface area contributed by atoms with Gasteiger partial charge in [0, 0.05) is 6.42 Å². The van der Waals surface area contributed by atoms with Crippen molar-refractivity contribution >= 4 is 0 Å². The average molecular weight is 191 g/mol. The molecule has 14 heavy (non-hydrogen) atoms. The van der Waals surface area contributed by atoms with Gasteiger partial charge in [-0.25, -0.2) is 4.39 Å². The topological polar surface area (TPSA) is 23.8 Å². The molecule has 0 saturated carbocycles. The Bertz CT molecular complexity index is 344. The molecule has 0 bridgehead atoms. The van der Waals surface area contributed by atoms with Crippen LogP contribution in [-0.2, 0) is 12.8 Å². The van der Waals surface area contributed by atoms with Gasteiger partial charge >= 0.3 is 0 Å². The maximum Gasteiger partial charge on any atom is 0.109 e. The van der Waals surface area contributed by atoms with E-state index in [1.54, 1.807) is 13.8 Å². The predicted molar refractivity (Wildman–Crippen MR) is 54.7 cm³/mol. The summed E-state index contributed by atoms with van der Waals surface area (Å²) < 4.78 is 13.3. The second-order valence-electron chi connectivity index (χ2n) is 4.05. The molecule has 0 fully saturated rings. The van der Waals surface area contributed by atoms with Crippen LogP contribution in [0.1, 0.15) is 25.0 Å². The van der Waals surface area contributed by atoms with Gasteiger partial charge in [-0.2, -0.15) is 5.26 Å². The largest absolute Gasteiger partial charge is 0.244 e. The van der Waals surface area contributed by atoms with Crippen molar-refractivity contribution in [3.05, 3.63) is 35.4 Å². The first-order valence-electron chi connectivity index (χ1n) is 4.65. The lowest BCUT2D eigenvalue weighted by Crippen LogP contribution is -2.15. The van der Waals surface area contributed by atoms with Gasteiger partial charge in [0.25, 0.3) is 0 Å². The Hall–Kier alpha value is -1.36. The second-order valence-corrected chi connectivity index (χ2v) is 4.05. The number of nitriles is 1. The molecule has 0 spiro atoms. The van der Waals surface area contributed by atoms with E-state index in [1.807, 2.05) is 24.3 Å². The van der Waals surface area contributed by atoms with Crippen molar-refractivity contribution in [1.29, 1.82) is 5.26 Å². The fourth-order valence-corrected chi connectivity index (χ4v) is 1.43. The zero-order valence-corrected chi connectivity index (χ0v) is 8.55. The van der Waals surface area contributed by atoms with Crippen molar-refractivity contribution in [2.45, 2.75) is 32.4 Å².